The average molecular weight is 335 g/mol. The second-order valence-electron chi connectivity index (χ2n) is 3.51. The van der Waals surface area contributed by atoms with E-state index in [4.69, 9.17) is 7.85 Å². The molecular formula is C16H29BNY-. The first-order chi connectivity index (χ1) is 8.93. The van der Waals surface area contributed by atoms with Crippen LogP contribution in [0.1, 0.15) is 40.5 Å². The van der Waals surface area contributed by atoms with E-state index in [0.29, 0.717) is 0 Å². The van der Waals surface area contributed by atoms with E-state index < -0.39 is 0 Å². The molecule has 1 heterocycles. The Morgan fingerprint density at radius 2 is 1.47 bits per heavy atom. The molecule has 1 saturated heterocycles. The Bertz CT molecular complexity index is 187. The molecule has 1 aliphatic heterocycles. The van der Waals surface area contributed by atoms with Crippen LogP contribution in [0, 0.1) is 12.0 Å². The standard InChI is InChI=1S/C6H12BN.C6H5.2C2H6.Y/c7-5-6-1-3-8-4-2-6;1-2-4-6-5-3-1;2*1-2;/h6,8H,1-5H2;1-5H;2*1-2H3;/q;-1;;;. The average Bonchev–Trinajstić information content (AvgIpc) is 2.54. The molecular weight excluding hydrogens is 306 g/mol. The molecule has 1 fully saturated rings. The van der Waals surface area contributed by atoms with E-state index in [9.17, 15) is 0 Å². The van der Waals surface area contributed by atoms with E-state index in [1.165, 1.54) is 25.9 Å². The third-order valence-electron chi connectivity index (χ3n) is 2.40. The van der Waals surface area contributed by atoms with Crippen molar-refractivity contribution in [2.75, 3.05) is 13.1 Å². The van der Waals surface area contributed by atoms with Gasteiger partial charge < -0.3 is 5.32 Å². The van der Waals surface area contributed by atoms with Gasteiger partial charge >= 0.3 is 0 Å². The predicted molar refractivity (Wildman–Crippen MR) is 84.1 cm³/mol. The van der Waals surface area contributed by atoms with Gasteiger partial charge in [0.25, 0.3) is 0 Å². The Balaban J connectivity index is -0.000000209. The zero-order valence-corrected chi connectivity index (χ0v) is 16.0. The molecule has 0 amide bonds. The number of piperidine rings is 1. The minimum atomic E-state index is 0. The van der Waals surface area contributed by atoms with Crippen molar-refractivity contribution in [3.8, 4) is 0 Å². The van der Waals surface area contributed by atoms with Crippen LogP contribution in [-0.4, -0.2) is 20.9 Å². The molecule has 3 radical (unpaired) electrons. The Morgan fingerprint density at radius 3 is 1.68 bits per heavy atom. The molecule has 19 heavy (non-hydrogen) atoms. The first-order valence-corrected chi connectivity index (χ1v) is 7.25. The topological polar surface area (TPSA) is 12.0 Å². The third kappa shape index (κ3) is 18.3. The number of rotatable bonds is 1. The molecule has 1 aliphatic rings. The van der Waals surface area contributed by atoms with Gasteiger partial charge in [-0.3, -0.25) is 0 Å². The van der Waals surface area contributed by atoms with Crippen molar-refractivity contribution >= 4 is 7.85 Å². The number of benzene rings is 1. The van der Waals surface area contributed by atoms with Gasteiger partial charge in [-0.25, -0.2) is 0 Å². The molecule has 3 heteroatoms. The summed E-state index contributed by atoms with van der Waals surface area (Å²) in [5.74, 6) is 0.802. The molecule has 0 atom stereocenters. The largest absolute Gasteiger partial charge is 0.317 e. The van der Waals surface area contributed by atoms with E-state index in [-0.39, 0.29) is 32.7 Å². The van der Waals surface area contributed by atoms with Crippen LogP contribution in [0.25, 0.3) is 0 Å². The molecule has 1 N–H and O–H groups in total. The van der Waals surface area contributed by atoms with Gasteiger partial charge in [-0.1, -0.05) is 34.0 Å². The molecule has 0 aromatic heterocycles. The van der Waals surface area contributed by atoms with Crippen molar-refractivity contribution in [3.05, 3.63) is 36.4 Å². The number of hydrogen-bond donors (Lipinski definition) is 1. The van der Waals surface area contributed by atoms with Crippen molar-refractivity contribution in [1.29, 1.82) is 0 Å². The third-order valence-corrected chi connectivity index (χ3v) is 2.40. The molecule has 0 aliphatic carbocycles. The van der Waals surface area contributed by atoms with Crippen LogP contribution in [0.2, 0.25) is 6.32 Å². The molecule has 0 bridgehead atoms. The van der Waals surface area contributed by atoms with E-state index in [1.807, 2.05) is 58.0 Å². The van der Waals surface area contributed by atoms with Gasteiger partial charge in [0, 0.05) is 32.7 Å². The minimum Gasteiger partial charge on any atom is -0.317 e. The monoisotopic (exact) mass is 335 g/mol. The Kier molecular flexibility index (Phi) is 30.1. The fourth-order valence-electron chi connectivity index (χ4n) is 1.46. The van der Waals surface area contributed by atoms with E-state index >= 15 is 0 Å². The number of nitrogens with one attached hydrogen (secondary N) is 1. The summed E-state index contributed by atoms with van der Waals surface area (Å²) in [6, 6.07) is 12.5. The zero-order chi connectivity index (χ0) is 14.1. The maximum atomic E-state index is 5.48. The SMILES string of the molecule is CC.CC.[B]CC1CCNCC1.[Y].[c-]1ccccc1. The van der Waals surface area contributed by atoms with Crippen molar-refractivity contribution in [2.45, 2.75) is 46.9 Å². The molecule has 0 unspecified atom stereocenters. The molecule has 0 saturated carbocycles. The van der Waals surface area contributed by atoms with Crippen molar-refractivity contribution in [3.63, 3.8) is 0 Å². The van der Waals surface area contributed by atoms with E-state index in [1.54, 1.807) is 0 Å². The van der Waals surface area contributed by atoms with Gasteiger partial charge in [0.1, 0.15) is 0 Å². The summed E-state index contributed by atoms with van der Waals surface area (Å²) in [6.45, 7) is 10.3. The van der Waals surface area contributed by atoms with Gasteiger partial charge in [0.2, 0.25) is 0 Å². The summed E-state index contributed by atoms with van der Waals surface area (Å²) in [5.41, 5.74) is 0. The normalized spacial score (nSPS) is 13.1. The summed E-state index contributed by atoms with van der Waals surface area (Å²) in [6.07, 6.45) is 3.43. The van der Waals surface area contributed by atoms with Crippen LogP contribution in [0.15, 0.2) is 30.3 Å². The quantitative estimate of drug-likeness (QED) is 0.602. The van der Waals surface area contributed by atoms with Crippen LogP contribution in [0.5, 0.6) is 0 Å². The molecule has 0 spiro atoms. The summed E-state index contributed by atoms with van der Waals surface area (Å²) in [7, 11) is 5.48. The Labute approximate surface area is 147 Å². The van der Waals surface area contributed by atoms with Crippen LogP contribution in [0.4, 0.5) is 0 Å². The maximum Gasteiger partial charge on any atom is 0.0656 e. The van der Waals surface area contributed by atoms with Gasteiger partial charge in [0.05, 0.1) is 7.85 Å². The van der Waals surface area contributed by atoms with Crippen molar-refractivity contribution in [2.24, 2.45) is 5.92 Å². The summed E-state index contributed by atoms with van der Waals surface area (Å²) in [4.78, 5) is 0. The first kappa shape index (κ1) is 24.4. The van der Waals surface area contributed by atoms with Crippen LogP contribution >= 0.6 is 0 Å². The maximum absolute atomic E-state index is 5.48. The second kappa shape index (κ2) is 23.4. The molecule has 1 aromatic carbocycles. The van der Waals surface area contributed by atoms with Crippen LogP contribution in [0.3, 0.4) is 0 Å². The summed E-state index contributed by atoms with van der Waals surface area (Å²) in [5, 5.41) is 3.29. The molecule has 1 nitrogen and oxygen atoms in total. The van der Waals surface area contributed by atoms with Crippen molar-refractivity contribution in [1.82, 2.24) is 5.32 Å². The van der Waals surface area contributed by atoms with E-state index in [0.717, 1.165) is 12.2 Å². The Hall–Kier alpha value is 0.349. The van der Waals surface area contributed by atoms with Gasteiger partial charge in [0.15, 0.2) is 0 Å². The molecule has 105 valence electrons. The van der Waals surface area contributed by atoms with Crippen LogP contribution < -0.4 is 5.32 Å². The number of hydrogen-bond acceptors (Lipinski definition) is 1. The van der Waals surface area contributed by atoms with Gasteiger partial charge in [-0.15, -0.1) is 0 Å². The molecule has 2 rings (SSSR count). The second-order valence-corrected chi connectivity index (χ2v) is 3.51. The Morgan fingerprint density at radius 1 is 1.00 bits per heavy atom. The van der Waals surface area contributed by atoms with Gasteiger partial charge in [-0.05, 0) is 31.8 Å². The predicted octanol–water partition coefficient (Wildman–Crippen LogP) is 4.11. The first-order valence-electron chi connectivity index (χ1n) is 7.25. The zero-order valence-electron chi connectivity index (χ0n) is 13.2. The van der Waals surface area contributed by atoms with Crippen molar-refractivity contribution < 1.29 is 32.7 Å². The van der Waals surface area contributed by atoms with Gasteiger partial charge in [-0.2, -0.15) is 36.4 Å². The van der Waals surface area contributed by atoms with E-state index in [2.05, 4.69) is 11.4 Å². The summed E-state index contributed by atoms with van der Waals surface area (Å²) < 4.78 is 0. The van der Waals surface area contributed by atoms with Crippen LogP contribution in [-0.2, 0) is 32.7 Å². The fraction of sp³-hybridized carbons (Fsp3) is 0.625. The fourth-order valence-corrected chi connectivity index (χ4v) is 1.46. The minimum absolute atomic E-state index is 0. The summed E-state index contributed by atoms with van der Waals surface area (Å²) >= 11 is 0. The smallest absolute Gasteiger partial charge is 0.0656 e. The molecule has 1 aromatic rings.